The predicted octanol–water partition coefficient (Wildman–Crippen LogP) is 2.38. The maximum atomic E-state index is 12.0. The number of carbonyl (C=O) groups excluding carboxylic acids is 1. The summed E-state index contributed by atoms with van der Waals surface area (Å²) in [7, 11) is 1.49. The lowest BCUT2D eigenvalue weighted by molar-refractivity contribution is -0.384. The third kappa shape index (κ3) is 4.82. The van der Waals surface area contributed by atoms with Crippen molar-refractivity contribution < 1.29 is 19.2 Å². The molecule has 0 saturated heterocycles. The number of nitrogens with one attached hydrogen (secondary N) is 1. The number of ether oxygens (including phenoxy) is 2. The van der Waals surface area contributed by atoms with Gasteiger partial charge in [0.1, 0.15) is 6.61 Å². The standard InChI is InChI=1S/C18H15N3O5/c1-3-9-26-16-8-7-13(10-17(16)25-2)12-19-20-18(22)14-5-4-6-15(11-14)21(23)24/h1,4-8,10-12H,9H2,2H3,(H,20,22)/b19-12-. The quantitative estimate of drug-likeness (QED) is 0.356. The molecule has 8 nitrogen and oxygen atoms in total. The molecule has 0 unspecified atom stereocenters. The number of nitrogens with zero attached hydrogens (tertiary/aromatic N) is 2. The van der Waals surface area contributed by atoms with Crippen LogP contribution in [0.2, 0.25) is 0 Å². The van der Waals surface area contributed by atoms with Crippen molar-refractivity contribution in [2.75, 3.05) is 13.7 Å². The summed E-state index contributed by atoms with van der Waals surface area (Å²) < 4.78 is 10.5. The summed E-state index contributed by atoms with van der Waals surface area (Å²) in [6, 6.07) is 10.4. The lowest BCUT2D eigenvalue weighted by Crippen LogP contribution is -2.17. The van der Waals surface area contributed by atoms with Crippen LogP contribution in [0.15, 0.2) is 47.6 Å². The highest BCUT2D eigenvalue weighted by atomic mass is 16.6. The van der Waals surface area contributed by atoms with E-state index >= 15 is 0 Å². The molecule has 0 aliphatic heterocycles. The Morgan fingerprint density at radius 3 is 2.85 bits per heavy atom. The van der Waals surface area contributed by atoms with Gasteiger partial charge in [-0.25, -0.2) is 5.43 Å². The van der Waals surface area contributed by atoms with Gasteiger partial charge in [0, 0.05) is 17.7 Å². The first-order valence-corrected chi connectivity index (χ1v) is 7.37. The molecule has 0 saturated carbocycles. The van der Waals surface area contributed by atoms with E-state index in [-0.39, 0.29) is 17.9 Å². The minimum Gasteiger partial charge on any atom is -0.493 e. The van der Waals surface area contributed by atoms with Crippen molar-refractivity contribution >= 4 is 17.8 Å². The van der Waals surface area contributed by atoms with Gasteiger partial charge in [-0.2, -0.15) is 5.10 Å². The highest BCUT2D eigenvalue weighted by molar-refractivity contribution is 5.95. The van der Waals surface area contributed by atoms with E-state index in [0.717, 1.165) is 0 Å². The molecule has 1 amide bonds. The van der Waals surface area contributed by atoms with Crippen LogP contribution in [0, 0.1) is 22.5 Å². The van der Waals surface area contributed by atoms with Crippen molar-refractivity contribution in [1.29, 1.82) is 0 Å². The van der Waals surface area contributed by atoms with Crippen LogP contribution in [0.1, 0.15) is 15.9 Å². The second kappa shape index (κ2) is 8.84. The maximum Gasteiger partial charge on any atom is 0.271 e. The first-order valence-electron chi connectivity index (χ1n) is 7.37. The number of non-ortho nitro benzene ring substituents is 1. The second-order valence-corrected chi connectivity index (χ2v) is 4.91. The van der Waals surface area contributed by atoms with Gasteiger partial charge in [0.25, 0.3) is 11.6 Å². The van der Waals surface area contributed by atoms with Gasteiger partial charge in [0.2, 0.25) is 0 Å². The van der Waals surface area contributed by atoms with Gasteiger partial charge < -0.3 is 9.47 Å². The molecule has 0 fully saturated rings. The summed E-state index contributed by atoms with van der Waals surface area (Å²) in [5, 5.41) is 14.6. The number of benzene rings is 2. The van der Waals surface area contributed by atoms with E-state index in [1.54, 1.807) is 18.2 Å². The minimum absolute atomic E-state index is 0.114. The Labute approximate surface area is 149 Å². The number of rotatable bonds is 7. The molecule has 0 aliphatic carbocycles. The van der Waals surface area contributed by atoms with Crippen molar-refractivity contribution in [2.45, 2.75) is 0 Å². The number of nitro benzene ring substituents is 1. The van der Waals surface area contributed by atoms with Gasteiger partial charge in [-0.3, -0.25) is 14.9 Å². The zero-order valence-corrected chi connectivity index (χ0v) is 13.8. The Balaban J connectivity index is 2.06. The van der Waals surface area contributed by atoms with Gasteiger partial charge in [0.05, 0.1) is 18.2 Å². The zero-order chi connectivity index (χ0) is 18.9. The topological polar surface area (TPSA) is 103 Å². The first kappa shape index (κ1) is 18.5. The van der Waals surface area contributed by atoms with Gasteiger partial charge in [-0.1, -0.05) is 12.0 Å². The van der Waals surface area contributed by atoms with Crippen molar-refractivity contribution in [3.63, 3.8) is 0 Å². The molecule has 0 spiro atoms. The Morgan fingerprint density at radius 2 is 2.15 bits per heavy atom. The Morgan fingerprint density at radius 1 is 1.35 bits per heavy atom. The van der Waals surface area contributed by atoms with Gasteiger partial charge in [-0.05, 0) is 29.8 Å². The summed E-state index contributed by atoms with van der Waals surface area (Å²) in [6.45, 7) is 0.114. The SMILES string of the molecule is C#CCOc1ccc(/C=N\NC(=O)c2cccc([N+](=O)[O-])c2)cc1OC. The molecule has 0 bridgehead atoms. The van der Waals surface area contributed by atoms with E-state index in [9.17, 15) is 14.9 Å². The van der Waals surface area contributed by atoms with E-state index in [0.29, 0.717) is 17.1 Å². The molecule has 2 aromatic rings. The molecule has 8 heteroatoms. The Kier molecular flexibility index (Phi) is 6.28. The van der Waals surface area contributed by atoms with Crippen LogP contribution < -0.4 is 14.9 Å². The van der Waals surface area contributed by atoms with Crippen molar-refractivity contribution in [3.8, 4) is 23.8 Å². The monoisotopic (exact) mass is 353 g/mol. The Hall–Kier alpha value is -3.86. The van der Waals surface area contributed by atoms with Crippen LogP contribution in [0.3, 0.4) is 0 Å². The number of carbonyl (C=O) groups is 1. The molecule has 0 heterocycles. The van der Waals surface area contributed by atoms with Gasteiger partial charge >= 0.3 is 0 Å². The summed E-state index contributed by atoms with van der Waals surface area (Å²) in [4.78, 5) is 22.2. The molecular formula is C18H15N3O5. The van der Waals surface area contributed by atoms with E-state index in [1.807, 2.05) is 0 Å². The molecule has 0 aliphatic rings. The van der Waals surface area contributed by atoms with Crippen LogP contribution in [0.4, 0.5) is 5.69 Å². The second-order valence-electron chi connectivity index (χ2n) is 4.91. The van der Waals surface area contributed by atoms with Crippen molar-refractivity contribution in [1.82, 2.24) is 5.43 Å². The fourth-order valence-electron chi connectivity index (χ4n) is 1.99. The number of hydrazone groups is 1. The zero-order valence-electron chi connectivity index (χ0n) is 13.8. The third-order valence-electron chi connectivity index (χ3n) is 3.20. The van der Waals surface area contributed by atoms with Crippen LogP contribution in [0.5, 0.6) is 11.5 Å². The van der Waals surface area contributed by atoms with Crippen LogP contribution in [-0.4, -0.2) is 30.8 Å². The largest absolute Gasteiger partial charge is 0.493 e. The number of methoxy groups -OCH3 is 1. The van der Waals surface area contributed by atoms with Crippen LogP contribution in [-0.2, 0) is 0 Å². The normalized spacial score (nSPS) is 10.2. The van der Waals surface area contributed by atoms with E-state index in [4.69, 9.17) is 15.9 Å². The molecule has 2 rings (SSSR count). The molecule has 0 radical (unpaired) electrons. The fourth-order valence-corrected chi connectivity index (χ4v) is 1.99. The summed E-state index contributed by atoms with van der Waals surface area (Å²) in [5.74, 6) is 2.75. The Bertz CT molecular complexity index is 887. The van der Waals surface area contributed by atoms with Gasteiger partial charge in [0.15, 0.2) is 11.5 Å². The number of terminal acetylenes is 1. The molecular weight excluding hydrogens is 338 g/mol. The van der Waals surface area contributed by atoms with E-state index in [2.05, 4.69) is 16.4 Å². The molecule has 132 valence electrons. The lowest BCUT2D eigenvalue weighted by atomic mass is 10.2. The van der Waals surface area contributed by atoms with Crippen molar-refractivity contribution in [3.05, 3.63) is 63.7 Å². The van der Waals surface area contributed by atoms with Crippen LogP contribution >= 0.6 is 0 Å². The summed E-state index contributed by atoms with van der Waals surface area (Å²) >= 11 is 0. The molecule has 1 N–H and O–H groups in total. The maximum absolute atomic E-state index is 12.0. The molecule has 0 aromatic heterocycles. The highest BCUT2D eigenvalue weighted by Crippen LogP contribution is 2.27. The first-order chi connectivity index (χ1) is 12.5. The molecule has 0 atom stereocenters. The van der Waals surface area contributed by atoms with Crippen LogP contribution in [0.25, 0.3) is 0 Å². The average molecular weight is 353 g/mol. The smallest absolute Gasteiger partial charge is 0.271 e. The predicted molar refractivity (Wildman–Crippen MR) is 95.5 cm³/mol. The molecule has 26 heavy (non-hydrogen) atoms. The number of amides is 1. The minimum atomic E-state index is -0.573. The average Bonchev–Trinajstić information content (AvgIpc) is 2.66. The van der Waals surface area contributed by atoms with Crippen molar-refractivity contribution in [2.24, 2.45) is 5.10 Å². The van der Waals surface area contributed by atoms with E-state index < -0.39 is 10.8 Å². The third-order valence-corrected chi connectivity index (χ3v) is 3.20. The lowest BCUT2D eigenvalue weighted by Gasteiger charge is -2.09. The van der Waals surface area contributed by atoms with E-state index in [1.165, 1.54) is 37.6 Å². The summed E-state index contributed by atoms with van der Waals surface area (Å²) in [6.07, 6.45) is 6.56. The number of nitro groups is 1. The van der Waals surface area contributed by atoms with Gasteiger partial charge in [-0.15, -0.1) is 6.42 Å². The fraction of sp³-hybridized carbons (Fsp3) is 0.111. The molecule has 2 aromatic carbocycles. The number of hydrogen-bond acceptors (Lipinski definition) is 6. The number of hydrogen-bond donors (Lipinski definition) is 1. The highest BCUT2D eigenvalue weighted by Gasteiger charge is 2.10. The summed E-state index contributed by atoms with van der Waals surface area (Å²) in [5.41, 5.74) is 2.92.